The summed E-state index contributed by atoms with van der Waals surface area (Å²) in [6.45, 7) is 0.0651. The minimum atomic E-state index is -1.18. The highest BCUT2D eigenvalue weighted by Gasteiger charge is 2.18. The maximum absolute atomic E-state index is 13.0. The molecule has 7 nitrogen and oxygen atoms in total. The number of fused-ring (bicyclic) bond motifs is 1. The topological polar surface area (TPSA) is 104 Å². The van der Waals surface area contributed by atoms with E-state index in [1.165, 1.54) is 11.7 Å². The summed E-state index contributed by atoms with van der Waals surface area (Å²) in [7, 11) is 1.54. The molecule has 0 saturated carbocycles. The number of nitrogens with zero attached hydrogens (tertiary/aromatic N) is 2. The largest absolute Gasteiger partial charge is 0.497 e. The van der Waals surface area contributed by atoms with Crippen LogP contribution in [0.4, 0.5) is 4.79 Å². The van der Waals surface area contributed by atoms with Gasteiger partial charge in [-0.25, -0.2) is 4.79 Å². The lowest BCUT2D eigenvalue weighted by Crippen LogP contribution is -2.31. The van der Waals surface area contributed by atoms with E-state index in [0.717, 1.165) is 5.56 Å². The van der Waals surface area contributed by atoms with E-state index in [1.807, 2.05) is 30.3 Å². The average Bonchev–Trinajstić information content (AvgIpc) is 2.69. The summed E-state index contributed by atoms with van der Waals surface area (Å²) < 4.78 is 6.59. The summed E-state index contributed by atoms with van der Waals surface area (Å²) in [4.78, 5) is 23.7. The van der Waals surface area contributed by atoms with Crippen LogP contribution >= 0.6 is 0 Å². The zero-order chi connectivity index (χ0) is 19.4. The highest BCUT2D eigenvalue weighted by atomic mass is 16.5. The number of ether oxygens (including phenoxy) is 1. The van der Waals surface area contributed by atoms with Crippen LogP contribution in [-0.2, 0) is 6.54 Å². The van der Waals surface area contributed by atoms with Crippen LogP contribution in [0.5, 0.6) is 5.75 Å². The van der Waals surface area contributed by atoms with Gasteiger partial charge in [-0.1, -0.05) is 30.3 Å². The van der Waals surface area contributed by atoms with Crippen molar-refractivity contribution in [2.24, 2.45) is 0 Å². The molecule has 1 amide bonds. The Kier molecular flexibility index (Phi) is 5.08. The molecule has 1 aromatic heterocycles. The van der Waals surface area contributed by atoms with Gasteiger partial charge in [-0.2, -0.15) is 5.26 Å². The van der Waals surface area contributed by atoms with Crippen molar-refractivity contribution in [1.29, 1.82) is 5.26 Å². The van der Waals surface area contributed by atoms with E-state index in [-0.39, 0.29) is 24.3 Å². The van der Waals surface area contributed by atoms with Crippen LogP contribution < -0.4 is 15.6 Å². The van der Waals surface area contributed by atoms with Crippen LogP contribution in [0.25, 0.3) is 21.9 Å². The monoisotopic (exact) mass is 363 g/mol. The zero-order valence-electron chi connectivity index (χ0n) is 14.6. The van der Waals surface area contributed by atoms with Crippen molar-refractivity contribution in [3.63, 3.8) is 0 Å². The van der Waals surface area contributed by atoms with Crippen LogP contribution in [0.3, 0.4) is 0 Å². The fourth-order valence-corrected chi connectivity index (χ4v) is 3.05. The number of aromatic nitrogens is 1. The lowest BCUT2D eigenvalue weighted by molar-refractivity contribution is 0.194. The number of carboxylic acid groups (broad SMARTS) is 1. The molecule has 0 aliphatic heterocycles. The van der Waals surface area contributed by atoms with Crippen molar-refractivity contribution in [3.8, 4) is 22.9 Å². The first-order valence-corrected chi connectivity index (χ1v) is 8.23. The third-order valence-corrected chi connectivity index (χ3v) is 4.26. The molecule has 0 spiro atoms. The number of hydrogen-bond acceptors (Lipinski definition) is 4. The Balaban J connectivity index is 2.33. The molecule has 0 unspecified atom stereocenters. The number of rotatable bonds is 5. The number of benzene rings is 2. The second-order valence-corrected chi connectivity index (χ2v) is 5.80. The highest BCUT2D eigenvalue weighted by Crippen LogP contribution is 2.32. The number of methoxy groups -OCH3 is 1. The molecule has 0 radical (unpaired) electrons. The first kappa shape index (κ1) is 18.0. The van der Waals surface area contributed by atoms with Crippen molar-refractivity contribution in [2.75, 3.05) is 13.7 Å². The predicted octanol–water partition coefficient (Wildman–Crippen LogP) is 2.82. The lowest BCUT2D eigenvalue weighted by atomic mass is 9.97. The van der Waals surface area contributed by atoms with Gasteiger partial charge >= 0.3 is 6.09 Å². The quantitative estimate of drug-likeness (QED) is 0.725. The van der Waals surface area contributed by atoms with Crippen molar-refractivity contribution in [2.45, 2.75) is 6.54 Å². The second-order valence-electron chi connectivity index (χ2n) is 5.80. The first-order chi connectivity index (χ1) is 13.1. The Morgan fingerprint density at radius 2 is 1.96 bits per heavy atom. The molecule has 0 saturated heterocycles. The van der Waals surface area contributed by atoms with Crippen LogP contribution in [0.2, 0.25) is 0 Å². The summed E-state index contributed by atoms with van der Waals surface area (Å²) >= 11 is 0. The number of carbonyl (C=O) groups is 1. The van der Waals surface area contributed by atoms with Gasteiger partial charge in [0.15, 0.2) is 0 Å². The SMILES string of the molecule is COc1ccc2c(=O)n(CCNC(=O)O)c(C#N)c(-c3ccccc3)c2c1. The lowest BCUT2D eigenvalue weighted by Gasteiger charge is -2.16. The van der Waals surface area contributed by atoms with Gasteiger partial charge in [0.2, 0.25) is 0 Å². The molecule has 0 aliphatic rings. The predicted molar refractivity (Wildman–Crippen MR) is 101 cm³/mol. The van der Waals surface area contributed by atoms with E-state index in [9.17, 15) is 14.9 Å². The van der Waals surface area contributed by atoms with Crippen molar-refractivity contribution >= 4 is 16.9 Å². The summed E-state index contributed by atoms with van der Waals surface area (Å²) in [5, 5.41) is 21.8. The molecule has 27 heavy (non-hydrogen) atoms. The number of nitriles is 1. The van der Waals surface area contributed by atoms with Gasteiger partial charge in [-0.3, -0.25) is 9.36 Å². The van der Waals surface area contributed by atoms with Gasteiger partial charge in [0.05, 0.1) is 7.11 Å². The molecule has 0 atom stereocenters. The molecule has 2 N–H and O–H groups in total. The molecule has 136 valence electrons. The molecule has 7 heteroatoms. The van der Waals surface area contributed by atoms with E-state index < -0.39 is 6.09 Å². The molecule has 2 aromatic carbocycles. The van der Waals surface area contributed by atoms with Crippen molar-refractivity contribution in [3.05, 3.63) is 64.6 Å². The van der Waals surface area contributed by atoms with Gasteiger partial charge in [0.25, 0.3) is 5.56 Å². The highest BCUT2D eigenvalue weighted by molar-refractivity contribution is 5.99. The van der Waals surface area contributed by atoms with Crippen LogP contribution in [-0.4, -0.2) is 29.4 Å². The number of pyridine rings is 1. The van der Waals surface area contributed by atoms with Crippen LogP contribution in [0.1, 0.15) is 5.69 Å². The van der Waals surface area contributed by atoms with Gasteiger partial charge in [-0.05, 0) is 23.8 Å². The molecule has 3 aromatic rings. The zero-order valence-corrected chi connectivity index (χ0v) is 14.6. The van der Waals surface area contributed by atoms with Crippen molar-refractivity contribution < 1.29 is 14.6 Å². The fraction of sp³-hybridized carbons (Fsp3) is 0.150. The minimum absolute atomic E-state index is 0.0137. The molecule has 0 fully saturated rings. The third kappa shape index (κ3) is 3.46. The van der Waals surface area contributed by atoms with E-state index >= 15 is 0 Å². The summed E-state index contributed by atoms with van der Waals surface area (Å²) in [5.74, 6) is 0.577. The number of nitrogens with one attached hydrogen (secondary N) is 1. The standard InChI is InChI=1S/C20H17N3O4/c1-27-14-7-8-15-16(11-14)18(13-5-3-2-4-6-13)17(12-21)23(19(15)24)10-9-22-20(25)26/h2-8,11,22H,9-10H2,1H3,(H,25,26). The normalized spacial score (nSPS) is 10.4. The van der Waals surface area contributed by atoms with Gasteiger partial charge in [0, 0.05) is 29.4 Å². The van der Waals surface area contributed by atoms with Gasteiger partial charge in [0.1, 0.15) is 17.5 Å². The molecule has 3 rings (SSSR count). The molecule has 1 heterocycles. The number of amides is 1. The maximum atomic E-state index is 13.0. The van der Waals surface area contributed by atoms with Gasteiger partial charge in [-0.15, -0.1) is 0 Å². The van der Waals surface area contributed by atoms with Crippen molar-refractivity contribution in [1.82, 2.24) is 9.88 Å². The Labute approximate surface area is 155 Å². The maximum Gasteiger partial charge on any atom is 0.404 e. The molecular weight excluding hydrogens is 346 g/mol. The van der Waals surface area contributed by atoms with Crippen LogP contribution in [0, 0.1) is 11.3 Å². The molecular formula is C20H17N3O4. The fourth-order valence-electron chi connectivity index (χ4n) is 3.05. The Bertz CT molecular complexity index is 1100. The minimum Gasteiger partial charge on any atom is -0.497 e. The van der Waals surface area contributed by atoms with E-state index in [0.29, 0.717) is 22.1 Å². The number of hydrogen-bond donors (Lipinski definition) is 2. The Morgan fingerprint density at radius 3 is 2.59 bits per heavy atom. The second kappa shape index (κ2) is 7.62. The Morgan fingerprint density at radius 1 is 1.22 bits per heavy atom. The van der Waals surface area contributed by atoms with E-state index in [4.69, 9.17) is 9.84 Å². The summed E-state index contributed by atoms with van der Waals surface area (Å²) in [5.41, 5.74) is 1.23. The first-order valence-electron chi connectivity index (χ1n) is 8.23. The van der Waals surface area contributed by atoms with Gasteiger partial charge < -0.3 is 15.2 Å². The van der Waals surface area contributed by atoms with E-state index in [1.54, 1.807) is 18.2 Å². The summed E-state index contributed by atoms with van der Waals surface area (Å²) in [6, 6.07) is 16.5. The Hall–Kier alpha value is -3.79. The third-order valence-electron chi connectivity index (χ3n) is 4.26. The smallest absolute Gasteiger partial charge is 0.404 e. The molecule has 0 bridgehead atoms. The summed E-state index contributed by atoms with van der Waals surface area (Å²) in [6.07, 6.45) is -1.18. The average molecular weight is 363 g/mol. The van der Waals surface area contributed by atoms with Crippen LogP contribution in [0.15, 0.2) is 53.3 Å². The molecule has 0 aliphatic carbocycles. The van der Waals surface area contributed by atoms with E-state index in [2.05, 4.69) is 11.4 Å².